The van der Waals surface area contributed by atoms with Crippen molar-refractivity contribution in [3.8, 4) is 0 Å². The highest BCUT2D eigenvalue weighted by molar-refractivity contribution is 6.44. The van der Waals surface area contributed by atoms with Gasteiger partial charge in [0.25, 0.3) is 17.7 Å². The van der Waals surface area contributed by atoms with Gasteiger partial charge in [-0.25, -0.2) is 24.6 Å². The Morgan fingerprint density at radius 1 is 0.628 bits per heavy atom. The van der Waals surface area contributed by atoms with E-state index in [1.54, 1.807) is 92.6 Å². The summed E-state index contributed by atoms with van der Waals surface area (Å²) >= 11 is 36.0. The summed E-state index contributed by atoms with van der Waals surface area (Å²) in [5, 5.41) is 54.9. The Morgan fingerprint density at radius 2 is 1.06 bits per heavy atom. The first-order valence-corrected chi connectivity index (χ1v) is 30.8. The lowest BCUT2D eigenvalue weighted by molar-refractivity contribution is -0.202. The Bertz CT molecular complexity index is 3390. The first-order valence-electron chi connectivity index (χ1n) is 28.5. The smallest absolute Gasteiger partial charge is 0.464 e. The lowest BCUT2D eigenvalue weighted by atomic mass is 10.0. The van der Waals surface area contributed by atoms with Crippen LogP contribution in [0.15, 0.2) is 51.4 Å². The highest BCUT2D eigenvalue weighted by Crippen LogP contribution is 2.39. The fourth-order valence-corrected chi connectivity index (χ4v) is 10.4. The van der Waals surface area contributed by atoms with Crippen molar-refractivity contribution in [1.29, 1.82) is 0 Å². The number of rotatable bonds is 9. The van der Waals surface area contributed by atoms with E-state index in [0.29, 0.717) is 84.3 Å². The van der Waals surface area contributed by atoms with Gasteiger partial charge in [0.15, 0.2) is 41.5 Å². The molecular formula is C57H68Cl6F3N9O19. The van der Waals surface area contributed by atoms with Crippen LogP contribution in [0.1, 0.15) is 79.0 Å². The summed E-state index contributed by atoms with van der Waals surface area (Å²) < 4.78 is 87.6. The van der Waals surface area contributed by atoms with E-state index in [1.165, 1.54) is 11.0 Å². The minimum Gasteiger partial charge on any atom is -0.464 e. The molecule has 11 rings (SSSR count). The Hall–Kier alpha value is -5.53. The second-order valence-electron chi connectivity index (χ2n) is 22.8. The van der Waals surface area contributed by atoms with Crippen molar-refractivity contribution >= 4 is 134 Å². The number of nitrogens with one attached hydrogen (secondary N) is 5. The quantitative estimate of drug-likeness (QED) is 0.107. The van der Waals surface area contributed by atoms with Crippen LogP contribution < -0.4 is 31.5 Å². The molecular weight excluding hydrogens is 1380 g/mol. The number of hydrogen-bond donors (Lipinski definition) is 9. The maximum Gasteiger partial charge on any atom is 0.490 e. The third kappa shape index (κ3) is 19.8. The zero-order chi connectivity index (χ0) is 69.6. The van der Waals surface area contributed by atoms with Gasteiger partial charge in [-0.15, -0.1) is 0 Å². The van der Waals surface area contributed by atoms with E-state index in [0.717, 1.165) is 11.3 Å². The molecule has 3 aromatic rings. The number of aliphatic hydroxyl groups excluding tert-OH is 4. The van der Waals surface area contributed by atoms with Crippen molar-refractivity contribution in [3.05, 3.63) is 83.2 Å². The van der Waals surface area contributed by atoms with E-state index in [9.17, 15) is 57.6 Å². The van der Waals surface area contributed by atoms with Crippen LogP contribution in [-0.2, 0) is 91.0 Å². The topological polar surface area (TPSA) is 359 Å². The summed E-state index contributed by atoms with van der Waals surface area (Å²) in [6, 6.07) is 9.93. The number of halogens is 9. The van der Waals surface area contributed by atoms with Crippen LogP contribution in [-0.4, -0.2) is 186 Å². The lowest BCUT2D eigenvalue weighted by Gasteiger charge is -2.27. The molecule has 37 heteroatoms. The monoisotopic (exact) mass is 1450 g/mol. The Balaban J connectivity index is 0.000000169. The van der Waals surface area contributed by atoms with Gasteiger partial charge < -0.3 is 78.4 Å². The zero-order valence-electron chi connectivity index (χ0n) is 51.5. The van der Waals surface area contributed by atoms with E-state index < -0.39 is 103 Å². The minimum absolute atomic E-state index is 0.0583. The zero-order valence-corrected chi connectivity index (χ0v) is 56.1. The molecule has 0 spiro atoms. The maximum atomic E-state index is 12.2. The van der Waals surface area contributed by atoms with Gasteiger partial charge in [0.2, 0.25) is 24.1 Å². The van der Waals surface area contributed by atoms with Crippen LogP contribution >= 0.6 is 69.6 Å². The molecule has 0 bridgehead atoms. The van der Waals surface area contributed by atoms with Gasteiger partial charge in [-0.1, -0.05) is 69.6 Å². The summed E-state index contributed by atoms with van der Waals surface area (Å²) in [5.74, 6) is -6.98. The number of carbonyl (C=O) groups excluding carboxylic acids is 5. The predicted molar refractivity (Wildman–Crippen MR) is 334 cm³/mol. The number of benzene rings is 3. The van der Waals surface area contributed by atoms with Gasteiger partial charge in [-0.2, -0.15) is 13.2 Å². The predicted octanol–water partition coefficient (Wildman–Crippen LogP) is 6.23. The molecule has 3 amide bonds. The average molecular weight is 1450 g/mol. The molecule has 3 aromatic carbocycles. The van der Waals surface area contributed by atoms with E-state index in [1.807, 2.05) is 0 Å². The average Bonchev–Trinajstić information content (AvgIpc) is 1.58. The molecule has 5 saturated heterocycles. The number of esters is 2. The van der Waals surface area contributed by atoms with Crippen LogP contribution in [0.2, 0.25) is 30.1 Å². The number of hydrogen-bond acceptors (Lipinski definition) is 25. The number of nitrogens with zero attached hydrogens (tertiary/aromatic N) is 4. The largest absolute Gasteiger partial charge is 0.490 e. The number of ether oxygens (including phenoxy) is 10. The van der Waals surface area contributed by atoms with Gasteiger partial charge >= 0.3 is 18.1 Å². The molecule has 0 saturated carbocycles. The molecule has 28 nitrogen and oxygen atoms in total. The Labute approximate surface area is 565 Å². The standard InChI is InChI=1S/C14H15Cl2N3O3.C13H10Cl2F3N3O4.C12H22O6.C10H7Cl2N3O2.C8H14O4/c1-14(2)21-6-10(22-14)12(20)19-13-17-5-7-9(18-13)4-3-8(15)11(7)16;14-6-1-2-7-5(9(6)15)3-19-12(20-7)21-10(23)8(22)4-25-11(24)13(16,17)18;1-11(2)15-5-7(17-11)9(13)10(14)8-6-16-12(3,4)18-8;11-5-1-2-6-4(7(5)12)3-13-10-14-8(16)9(17)15(6)10;1-4-10-7(9)6-5-11-8(2,3)12-6/h3-4,10H,5-6H2,1-2H3,(H2,17,18,19,20);1-2,8,22H,3-4H2,(H2,19,20,21,23);7-10,13-14H,5-6H2,1-4H3;1-2,9,17H,3H2,(H,13,14,16);6H,4-5H2,1-3H3. The SMILES string of the molecule is CC1(C)OCC(C(=O)NC2=NCc3c(ccc(Cl)c3Cl)N2)O1.CC1(C)OCC(C(O)C(O)C2COC(C)(C)O2)O1.CCOC(=O)C1COC(C)(C)O1.O=C(NC1=NCc2c(ccc(Cl)c2Cl)N1)C(O)COC(=O)C(F)(F)F.O=C1NC2=NCc3c(ccc(Cl)c3Cl)N2C1O. The van der Waals surface area contributed by atoms with E-state index in [4.69, 9.17) is 112 Å². The summed E-state index contributed by atoms with van der Waals surface area (Å²) in [6.07, 6.45) is -12.9. The Kier molecular flexibility index (Phi) is 25.3. The van der Waals surface area contributed by atoms with Crippen molar-refractivity contribution in [1.82, 2.24) is 16.0 Å². The highest BCUT2D eigenvalue weighted by Gasteiger charge is 2.47. The van der Waals surface area contributed by atoms with Crippen molar-refractivity contribution in [2.24, 2.45) is 15.0 Å². The number of alkyl halides is 3. The van der Waals surface area contributed by atoms with Crippen molar-refractivity contribution in [2.45, 2.75) is 160 Å². The minimum atomic E-state index is -5.21. The van der Waals surface area contributed by atoms with Crippen LogP contribution in [0.4, 0.5) is 30.2 Å². The fraction of sp³-hybridized carbons (Fsp3) is 0.544. The Morgan fingerprint density at radius 3 is 1.51 bits per heavy atom. The van der Waals surface area contributed by atoms with Crippen LogP contribution in [0, 0.1) is 0 Å². The molecule has 0 aliphatic carbocycles. The number of fused-ring (bicyclic) bond motifs is 5. The molecule has 0 radical (unpaired) electrons. The lowest BCUT2D eigenvalue weighted by Crippen LogP contribution is -2.47. The molecule has 9 N–H and O–H groups in total. The van der Waals surface area contributed by atoms with Crippen LogP contribution in [0.3, 0.4) is 0 Å². The normalized spacial score (nSPS) is 23.8. The summed E-state index contributed by atoms with van der Waals surface area (Å²) in [6.45, 7) is 16.9. The summed E-state index contributed by atoms with van der Waals surface area (Å²) in [5.41, 5.74) is 4.02. The third-order valence-corrected chi connectivity index (χ3v) is 16.4. The van der Waals surface area contributed by atoms with Crippen LogP contribution in [0.5, 0.6) is 0 Å². The van der Waals surface area contributed by atoms with Crippen molar-refractivity contribution in [3.63, 3.8) is 0 Å². The molecule has 8 aliphatic rings. The van der Waals surface area contributed by atoms with Crippen molar-refractivity contribution < 1.29 is 105 Å². The number of anilines is 3. The number of aliphatic imine (C=N–C) groups is 3. The van der Waals surface area contributed by atoms with Gasteiger partial charge in [0.1, 0.15) is 31.0 Å². The molecule has 0 aromatic heterocycles. The molecule has 8 aliphatic heterocycles. The molecule has 518 valence electrons. The molecule has 8 atom stereocenters. The number of carbonyl (C=O) groups is 5. The summed E-state index contributed by atoms with van der Waals surface area (Å²) in [4.78, 5) is 70.6. The second kappa shape index (κ2) is 31.3. The number of amides is 3. The first kappa shape index (κ1) is 75.8. The van der Waals surface area contributed by atoms with E-state index >= 15 is 0 Å². The summed E-state index contributed by atoms with van der Waals surface area (Å²) in [7, 11) is 0. The molecule has 94 heavy (non-hydrogen) atoms. The van der Waals surface area contributed by atoms with E-state index in [-0.39, 0.29) is 50.8 Å². The molecule has 5 fully saturated rings. The second-order valence-corrected chi connectivity index (χ2v) is 25.1. The van der Waals surface area contributed by atoms with Gasteiger partial charge in [-0.05, 0) is 98.7 Å². The maximum absolute atomic E-state index is 12.2. The number of guanidine groups is 3. The highest BCUT2D eigenvalue weighted by atomic mass is 35.5. The fourth-order valence-electron chi connectivity index (χ4n) is 9.23. The van der Waals surface area contributed by atoms with Gasteiger partial charge in [0, 0.05) is 28.1 Å². The number of aliphatic hydroxyl groups is 4. The molecule has 8 heterocycles. The first-order chi connectivity index (χ1) is 43.8. The van der Waals surface area contributed by atoms with Gasteiger partial charge in [0.05, 0.1) is 88.5 Å². The molecule has 8 unspecified atom stereocenters. The van der Waals surface area contributed by atoms with Crippen LogP contribution in [0.25, 0.3) is 0 Å². The van der Waals surface area contributed by atoms with Crippen molar-refractivity contribution in [2.75, 3.05) is 55.2 Å². The third-order valence-electron chi connectivity index (χ3n) is 13.9. The van der Waals surface area contributed by atoms with E-state index in [2.05, 4.69) is 46.3 Å². The van der Waals surface area contributed by atoms with Gasteiger partial charge in [-0.3, -0.25) is 35.2 Å².